The molecule has 2 rings (SSSR count). The lowest BCUT2D eigenvalue weighted by molar-refractivity contribution is -0.130. The van der Waals surface area contributed by atoms with Crippen LogP contribution in [0, 0.1) is 6.92 Å². The maximum atomic E-state index is 11.7. The van der Waals surface area contributed by atoms with Crippen LogP contribution in [0.3, 0.4) is 0 Å². The molecule has 0 fully saturated rings. The molecule has 2 N–H and O–H groups in total. The molecular formula is C21H26N4O3S. The smallest absolute Gasteiger partial charge is 0.259 e. The number of anilines is 1. The number of para-hydroxylation sites is 1. The van der Waals surface area contributed by atoms with Crippen LogP contribution in [0.2, 0.25) is 0 Å². The van der Waals surface area contributed by atoms with Crippen LogP contribution in [-0.4, -0.2) is 49.4 Å². The second kappa shape index (κ2) is 11.0. The van der Waals surface area contributed by atoms with E-state index in [0.29, 0.717) is 23.2 Å². The van der Waals surface area contributed by atoms with Gasteiger partial charge in [-0.05, 0) is 61.5 Å². The number of carbonyl (C=O) groups excluding carboxylic acids is 1. The molecule has 0 atom stereocenters. The average Bonchev–Trinajstić information content (AvgIpc) is 2.69. The van der Waals surface area contributed by atoms with Gasteiger partial charge in [0.15, 0.2) is 23.2 Å². The second-order valence-corrected chi connectivity index (χ2v) is 6.76. The lowest BCUT2D eigenvalue weighted by Crippen LogP contribution is -2.27. The highest BCUT2D eigenvalue weighted by Crippen LogP contribution is 2.28. The molecule has 0 aliphatic heterocycles. The molecule has 0 spiro atoms. The zero-order valence-electron chi connectivity index (χ0n) is 17.1. The predicted octanol–water partition coefficient (Wildman–Crippen LogP) is 3.18. The molecule has 2 aromatic rings. The topological polar surface area (TPSA) is 75.2 Å². The molecule has 0 bridgehead atoms. The Morgan fingerprint density at radius 1 is 1.17 bits per heavy atom. The molecule has 8 heteroatoms. The Balaban J connectivity index is 1.99. The monoisotopic (exact) mass is 414 g/mol. The van der Waals surface area contributed by atoms with E-state index < -0.39 is 0 Å². The van der Waals surface area contributed by atoms with Crippen molar-refractivity contribution in [3.8, 4) is 11.5 Å². The molecule has 0 aromatic heterocycles. The molecule has 154 valence electrons. The van der Waals surface area contributed by atoms with Crippen molar-refractivity contribution in [1.82, 2.24) is 10.3 Å². The number of nitrogens with one attached hydrogen (secondary N) is 2. The zero-order chi connectivity index (χ0) is 21.2. The summed E-state index contributed by atoms with van der Waals surface area (Å²) in [4.78, 5) is 13.2. The van der Waals surface area contributed by atoms with Crippen LogP contribution in [0.15, 0.2) is 47.6 Å². The highest BCUT2D eigenvalue weighted by molar-refractivity contribution is 7.80. The Hall–Kier alpha value is -3.13. The van der Waals surface area contributed by atoms with E-state index >= 15 is 0 Å². The second-order valence-electron chi connectivity index (χ2n) is 6.36. The van der Waals surface area contributed by atoms with Crippen LogP contribution in [0.4, 0.5) is 5.69 Å². The van der Waals surface area contributed by atoms with Gasteiger partial charge in [-0.15, -0.1) is 0 Å². The Kier molecular flexibility index (Phi) is 8.42. The van der Waals surface area contributed by atoms with E-state index in [1.165, 1.54) is 4.90 Å². The third-order valence-corrected chi connectivity index (χ3v) is 4.08. The Labute approximate surface area is 176 Å². The van der Waals surface area contributed by atoms with Gasteiger partial charge in [-0.1, -0.05) is 18.2 Å². The van der Waals surface area contributed by atoms with Crippen molar-refractivity contribution in [2.24, 2.45) is 5.10 Å². The molecule has 0 aliphatic rings. The first kappa shape index (κ1) is 22.2. The number of carbonyl (C=O) groups is 1. The van der Waals surface area contributed by atoms with E-state index in [1.54, 1.807) is 32.4 Å². The molecule has 7 nitrogen and oxygen atoms in total. The number of aryl methyl sites for hydroxylation is 1. The summed E-state index contributed by atoms with van der Waals surface area (Å²) >= 11 is 5.26. The summed E-state index contributed by atoms with van der Waals surface area (Å²) in [5.41, 5.74) is 5.60. The van der Waals surface area contributed by atoms with Crippen molar-refractivity contribution in [3.63, 3.8) is 0 Å². The Morgan fingerprint density at radius 2 is 1.93 bits per heavy atom. The lowest BCUT2D eigenvalue weighted by Gasteiger charge is -2.14. The number of thiocarbonyl (C=S) groups is 1. The van der Waals surface area contributed by atoms with Crippen molar-refractivity contribution in [2.45, 2.75) is 13.8 Å². The van der Waals surface area contributed by atoms with Crippen molar-refractivity contribution in [1.29, 1.82) is 0 Å². The molecular weight excluding hydrogens is 388 g/mol. The fourth-order valence-corrected chi connectivity index (χ4v) is 2.45. The van der Waals surface area contributed by atoms with Gasteiger partial charge in [0.1, 0.15) is 0 Å². The van der Waals surface area contributed by atoms with Crippen LogP contribution in [0.25, 0.3) is 0 Å². The maximum absolute atomic E-state index is 11.7. The molecule has 0 aliphatic carbocycles. The quantitative estimate of drug-likeness (QED) is 0.393. The van der Waals surface area contributed by atoms with Gasteiger partial charge < -0.3 is 19.7 Å². The number of hydrogen-bond acceptors (Lipinski definition) is 5. The number of likely N-dealkylation sites (N-methyl/N-ethyl adjacent to an activating group) is 1. The van der Waals surface area contributed by atoms with Gasteiger partial charge in [-0.2, -0.15) is 5.10 Å². The normalized spacial score (nSPS) is 10.5. The zero-order valence-corrected chi connectivity index (χ0v) is 17.9. The van der Waals surface area contributed by atoms with Crippen LogP contribution in [-0.2, 0) is 4.79 Å². The molecule has 1 amide bonds. The summed E-state index contributed by atoms with van der Waals surface area (Å²) in [6.07, 6.45) is 1.63. The molecule has 29 heavy (non-hydrogen) atoms. The Bertz CT molecular complexity index is 884. The first-order valence-corrected chi connectivity index (χ1v) is 9.57. The average molecular weight is 415 g/mol. The molecule has 0 heterocycles. The number of nitrogens with zero attached hydrogens (tertiary/aromatic N) is 2. The molecule has 2 aromatic carbocycles. The van der Waals surface area contributed by atoms with E-state index in [4.69, 9.17) is 21.7 Å². The summed E-state index contributed by atoms with van der Waals surface area (Å²) in [7, 11) is 3.36. The van der Waals surface area contributed by atoms with E-state index in [1.807, 2.05) is 44.2 Å². The fourth-order valence-electron chi connectivity index (χ4n) is 2.29. The van der Waals surface area contributed by atoms with Crippen LogP contribution < -0.4 is 20.2 Å². The number of amides is 1. The predicted molar refractivity (Wildman–Crippen MR) is 120 cm³/mol. The number of rotatable bonds is 8. The number of hydrazone groups is 1. The number of benzene rings is 2. The first-order chi connectivity index (χ1) is 13.9. The van der Waals surface area contributed by atoms with E-state index in [0.717, 1.165) is 16.8 Å². The summed E-state index contributed by atoms with van der Waals surface area (Å²) in [5, 5.41) is 7.65. The highest BCUT2D eigenvalue weighted by atomic mass is 32.1. The fraction of sp³-hybridized carbons (Fsp3) is 0.286. The molecule has 0 saturated carbocycles. The summed E-state index contributed by atoms with van der Waals surface area (Å²) in [6, 6.07) is 13.2. The van der Waals surface area contributed by atoms with Gasteiger partial charge >= 0.3 is 0 Å². The van der Waals surface area contributed by atoms with Crippen molar-refractivity contribution < 1.29 is 14.3 Å². The lowest BCUT2D eigenvalue weighted by atomic mass is 10.2. The summed E-state index contributed by atoms with van der Waals surface area (Å²) < 4.78 is 11.2. The molecule has 0 unspecified atom stereocenters. The minimum atomic E-state index is -0.128. The highest BCUT2D eigenvalue weighted by Gasteiger charge is 2.10. The molecule has 0 radical (unpaired) electrons. The van der Waals surface area contributed by atoms with E-state index in [-0.39, 0.29) is 12.5 Å². The number of ether oxygens (including phenoxy) is 2. The summed E-state index contributed by atoms with van der Waals surface area (Å²) in [5.74, 6) is 0.921. The van der Waals surface area contributed by atoms with Gasteiger partial charge in [0.05, 0.1) is 12.8 Å². The minimum Gasteiger partial charge on any atom is -0.490 e. The minimum absolute atomic E-state index is 0.0547. The van der Waals surface area contributed by atoms with Crippen LogP contribution in [0.1, 0.15) is 18.1 Å². The van der Waals surface area contributed by atoms with Crippen molar-refractivity contribution >= 4 is 35.1 Å². The van der Waals surface area contributed by atoms with E-state index in [9.17, 15) is 4.79 Å². The third-order valence-electron chi connectivity index (χ3n) is 3.89. The van der Waals surface area contributed by atoms with E-state index in [2.05, 4.69) is 15.8 Å². The standard InChI is InChI=1S/C21H26N4O3S/c1-5-27-19-12-16(10-11-18(19)28-14-20(26)25(3)4)13-22-24-21(29)23-17-9-7-6-8-15(17)2/h6-13H,5,14H2,1-4H3,(H2,23,24,29)/b22-13-. The van der Waals surface area contributed by atoms with Crippen LogP contribution >= 0.6 is 12.2 Å². The van der Waals surface area contributed by atoms with Gasteiger partial charge in [0.25, 0.3) is 5.91 Å². The van der Waals surface area contributed by atoms with Gasteiger partial charge in [-0.25, -0.2) is 0 Å². The van der Waals surface area contributed by atoms with Gasteiger partial charge in [-0.3, -0.25) is 10.2 Å². The Morgan fingerprint density at radius 3 is 2.62 bits per heavy atom. The van der Waals surface area contributed by atoms with Crippen molar-refractivity contribution in [2.75, 3.05) is 32.6 Å². The van der Waals surface area contributed by atoms with Crippen LogP contribution in [0.5, 0.6) is 11.5 Å². The van der Waals surface area contributed by atoms with Gasteiger partial charge in [0.2, 0.25) is 0 Å². The number of hydrogen-bond donors (Lipinski definition) is 2. The largest absolute Gasteiger partial charge is 0.490 e. The van der Waals surface area contributed by atoms with Crippen molar-refractivity contribution in [3.05, 3.63) is 53.6 Å². The third kappa shape index (κ3) is 7.08. The summed E-state index contributed by atoms with van der Waals surface area (Å²) in [6.45, 7) is 4.30. The SMILES string of the molecule is CCOc1cc(/C=N\NC(=S)Nc2ccccc2C)ccc1OCC(=O)N(C)C. The maximum Gasteiger partial charge on any atom is 0.259 e. The first-order valence-electron chi connectivity index (χ1n) is 9.16. The molecule has 0 saturated heterocycles. The van der Waals surface area contributed by atoms with Gasteiger partial charge in [0, 0.05) is 19.8 Å².